The molecule has 1 heterocycles. The molecule has 0 aliphatic carbocycles. The third-order valence-electron chi connectivity index (χ3n) is 3.28. The van der Waals surface area contributed by atoms with Crippen molar-refractivity contribution in [2.24, 2.45) is 0 Å². The number of halogens is 7. The molecule has 3 aromatic rings. The summed E-state index contributed by atoms with van der Waals surface area (Å²) in [5.74, 6) is -4.23. The number of benzene rings is 2. The molecular weight excluding hydrogens is 406 g/mol. The zero-order chi connectivity index (χ0) is 19.2. The van der Waals surface area contributed by atoms with Gasteiger partial charge in [0.1, 0.15) is 17.2 Å². The van der Waals surface area contributed by atoms with Crippen LogP contribution in [-0.4, -0.2) is 9.78 Å². The Morgan fingerprint density at radius 2 is 1.69 bits per heavy atom. The van der Waals surface area contributed by atoms with Crippen molar-refractivity contribution in [1.29, 1.82) is 0 Å². The number of nitrogens with zero attached hydrogens (tertiary/aromatic N) is 2. The Kier molecular flexibility index (Phi) is 4.53. The van der Waals surface area contributed by atoms with E-state index >= 15 is 0 Å². The molecule has 0 unspecified atom stereocenters. The van der Waals surface area contributed by atoms with Crippen LogP contribution in [0.3, 0.4) is 0 Å². The van der Waals surface area contributed by atoms with Crippen molar-refractivity contribution >= 4 is 23.2 Å². The van der Waals surface area contributed by atoms with Gasteiger partial charge in [-0.05, 0) is 24.3 Å². The van der Waals surface area contributed by atoms with Crippen LogP contribution in [0.2, 0.25) is 10.0 Å². The Bertz CT molecular complexity index is 1040. The molecule has 0 atom stereocenters. The molecule has 4 nitrogen and oxygen atoms in total. The Hall–Kier alpha value is -2.39. The van der Waals surface area contributed by atoms with Gasteiger partial charge in [0.05, 0.1) is 16.3 Å². The summed E-state index contributed by atoms with van der Waals surface area (Å²) >= 11 is 11.4. The predicted molar refractivity (Wildman–Crippen MR) is 82.5 cm³/mol. The minimum atomic E-state index is -4.86. The third kappa shape index (κ3) is 3.19. The molecule has 0 aliphatic heterocycles. The van der Waals surface area contributed by atoms with Crippen molar-refractivity contribution < 1.29 is 26.4 Å². The number of aromatic nitrogens is 2. The summed E-state index contributed by atoms with van der Waals surface area (Å²) in [6, 6.07) is 4.37. The van der Waals surface area contributed by atoms with Crippen LogP contribution in [0.1, 0.15) is 5.56 Å². The average Bonchev–Trinajstić information content (AvgIpc) is 2.89. The van der Waals surface area contributed by atoms with Crippen molar-refractivity contribution in [3.8, 4) is 17.1 Å². The molecular formula is C15H5Cl2F5N2O2. The van der Waals surface area contributed by atoms with Gasteiger partial charge in [-0.15, -0.1) is 5.10 Å². The molecule has 0 fully saturated rings. The van der Waals surface area contributed by atoms with Crippen LogP contribution >= 0.6 is 23.2 Å². The zero-order valence-corrected chi connectivity index (χ0v) is 13.8. The lowest BCUT2D eigenvalue weighted by molar-refractivity contribution is -0.137. The Morgan fingerprint density at radius 3 is 2.27 bits per heavy atom. The van der Waals surface area contributed by atoms with Crippen LogP contribution in [0, 0.1) is 11.6 Å². The van der Waals surface area contributed by atoms with E-state index in [9.17, 15) is 26.7 Å². The zero-order valence-electron chi connectivity index (χ0n) is 12.2. The molecule has 0 amide bonds. The van der Waals surface area contributed by atoms with Gasteiger partial charge in [0, 0.05) is 5.02 Å². The number of hydrogen-bond donors (Lipinski definition) is 0. The molecule has 3 rings (SSSR count). The monoisotopic (exact) mass is 410 g/mol. The molecule has 11 heteroatoms. The van der Waals surface area contributed by atoms with Crippen LogP contribution in [-0.2, 0) is 6.18 Å². The first-order valence-electron chi connectivity index (χ1n) is 6.70. The normalized spacial score (nSPS) is 11.8. The second-order valence-corrected chi connectivity index (χ2v) is 5.78. The van der Waals surface area contributed by atoms with E-state index in [0.717, 1.165) is 24.3 Å². The molecule has 0 N–H and O–H groups in total. The van der Waals surface area contributed by atoms with E-state index in [0.29, 0.717) is 10.7 Å². The topological polar surface area (TPSA) is 48.0 Å². The Morgan fingerprint density at radius 1 is 1.08 bits per heavy atom. The lowest BCUT2D eigenvalue weighted by Gasteiger charge is -2.12. The highest BCUT2D eigenvalue weighted by atomic mass is 35.5. The highest BCUT2D eigenvalue weighted by Crippen LogP contribution is 2.39. The average molecular weight is 411 g/mol. The predicted octanol–water partition coefficient (Wildman–Crippen LogP) is 5.10. The summed E-state index contributed by atoms with van der Waals surface area (Å²) < 4.78 is 71.7. The molecule has 0 aliphatic rings. The van der Waals surface area contributed by atoms with Crippen molar-refractivity contribution in [3.63, 3.8) is 0 Å². The molecule has 0 bridgehead atoms. The first-order chi connectivity index (χ1) is 12.1. The largest absolute Gasteiger partial charge is 0.442 e. The van der Waals surface area contributed by atoms with Gasteiger partial charge < -0.3 is 4.42 Å². The van der Waals surface area contributed by atoms with E-state index in [2.05, 4.69) is 9.52 Å². The lowest BCUT2D eigenvalue weighted by Crippen LogP contribution is -2.16. The minimum Gasteiger partial charge on any atom is -0.387 e. The van der Waals surface area contributed by atoms with Crippen LogP contribution in [0.4, 0.5) is 22.0 Å². The molecule has 26 heavy (non-hydrogen) atoms. The molecule has 2 aromatic carbocycles. The molecule has 0 radical (unpaired) electrons. The first kappa shape index (κ1) is 18.4. The fraction of sp³-hybridized carbons (Fsp3) is 0.0667. The summed E-state index contributed by atoms with van der Waals surface area (Å²) in [5.41, 5.74) is -2.61. The summed E-state index contributed by atoms with van der Waals surface area (Å²) in [5, 5.41) is 2.28. The highest BCUT2D eigenvalue weighted by Gasteiger charge is 2.35. The van der Waals surface area contributed by atoms with Crippen molar-refractivity contribution in [2.75, 3.05) is 0 Å². The first-order valence-corrected chi connectivity index (χ1v) is 7.46. The summed E-state index contributed by atoms with van der Waals surface area (Å²) in [7, 11) is 0. The van der Waals surface area contributed by atoms with Gasteiger partial charge in [0.2, 0.25) is 0 Å². The van der Waals surface area contributed by atoms with Crippen LogP contribution < -0.4 is 5.76 Å². The molecule has 1 aromatic heterocycles. The maximum Gasteiger partial charge on any atom is 0.442 e. The van der Waals surface area contributed by atoms with E-state index in [-0.39, 0.29) is 5.02 Å². The van der Waals surface area contributed by atoms with Gasteiger partial charge in [0.25, 0.3) is 5.89 Å². The standard InChI is InChI=1S/C15H5Cl2F5N2O2/c16-6-4-7(15(20,21)22)12(17)10(5-6)24-14(25)26-13(23-24)11-8(18)2-1-3-9(11)19/h1-5H. The molecule has 0 spiro atoms. The second kappa shape index (κ2) is 6.40. The third-order valence-corrected chi connectivity index (χ3v) is 3.89. The summed E-state index contributed by atoms with van der Waals surface area (Å²) in [6.07, 6.45) is -4.86. The van der Waals surface area contributed by atoms with E-state index in [1.54, 1.807) is 0 Å². The smallest absolute Gasteiger partial charge is 0.387 e. The molecule has 136 valence electrons. The molecule has 0 saturated carbocycles. The second-order valence-electron chi connectivity index (χ2n) is 4.97. The fourth-order valence-corrected chi connectivity index (χ4v) is 2.68. The SMILES string of the molecule is O=c1oc(-c2c(F)cccc2F)nn1-c1cc(Cl)cc(C(F)(F)F)c1Cl. The van der Waals surface area contributed by atoms with Crippen molar-refractivity contribution in [2.45, 2.75) is 6.18 Å². The van der Waals surface area contributed by atoms with Gasteiger partial charge in [-0.25, -0.2) is 13.6 Å². The van der Waals surface area contributed by atoms with E-state index < -0.39 is 51.3 Å². The van der Waals surface area contributed by atoms with E-state index in [1.165, 1.54) is 0 Å². The van der Waals surface area contributed by atoms with E-state index in [1.807, 2.05) is 0 Å². The molecule has 0 saturated heterocycles. The van der Waals surface area contributed by atoms with Gasteiger partial charge >= 0.3 is 11.9 Å². The fourth-order valence-electron chi connectivity index (χ4n) is 2.17. The summed E-state index contributed by atoms with van der Waals surface area (Å²) in [4.78, 5) is 12.0. The Labute approximate surface area is 151 Å². The summed E-state index contributed by atoms with van der Waals surface area (Å²) in [6.45, 7) is 0. The number of alkyl halides is 3. The highest BCUT2D eigenvalue weighted by molar-refractivity contribution is 6.35. The van der Waals surface area contributed by atoms with Gasteiger partial charge in [-0.3, -0.25) is 0 Å². The van der Waals surface area contributed by atoms with Crippen LogP contribution in [0.25, 0.3) is 17.1 Å². The lowest BCUT2D eigenvalue weighted by atomic mass is 10.2. The number of hydrogen-bond acceptors (Lipinski definition) is 3. The van der Waals surface area contributed by atoms with Gasteiger partial charge in [-0.2, -0.15) is 17.9 Å². The maximum absolute atomic E-state index is 13.8. The minimum absolute atomic E-state index is 0.338. The maximum atomic E-state index is 13.8. The number of rotatable bonds is 2. The Balaban J connectivity index is 2.24. The van der Waals surface area contributed by atoms with Crippen molar-refractivity contribution in [3.05, 3.63) is 68.1 Å². The van der Waals surface area contributed by atoms with Crippen molar-refractivity contribution in [1.82, 2.24) is 9.78 Å². The van der Waals surface area contributed by atoms with Crippen LogP contribution in [0.15, 0.2) is 39.5 Å². The van der Waals surface area contributed by atoms with Gasteiger partial charge in [0.15, 0.2) is 0 Å². The quantitative estimate of drug-likeness (QED) is 0.552. The van der Waals surface area contributed by atoms with E-state index in [4.69, 9.17) is 23.2 Å². The van der Waals surface area contributed by atoms with Gasteiger partial charge in [-0.1, -0.05) is 29.3 Å². The van der Waals surface area contributed by atoms with Crippen LogP contribution in [0.5, 0.6) is 0 Å².